The average molecular weight is 653 g/mol. The van der Waals surface area contributed by atoms with Crippen LogP contribution in [-0.2, 0) is 27.2 Å². The Bertz CT molecular complexity index is 1780. The largest absolute Gasteiger partial charge is 0.444 e. The number of amides is 3. The minimum absolute atomic E-state index is 0.129. The molecule has 1 aliphatic heterocycles. The molecule has 47 heavy (non-hydrogen) atoms. The van der Waals surface area contributed by atoms with Crippen LogP contribution in [0.25, 0.3) is 21.5 Å². The number of benzene rings is 4. The molecule has 0 aromatic heterocycles. The number of hydrogen-bond acceptors (Lipinski definition) is 5. The zero-order valence-corrected chi connectivity index (χ0v) is 28.4. The topological polar surface area (TPSA) is 105 Å². The van der Waals surface area contributed by atoms with E-state index in [4.69, 9.17) is 22.7 Å². The number of nitrogens with one attached hydrogen (secondary N) is 1. The highest BCUT2D eigenvalue weighted by atomic mass is 32.1. The van der Waals surface area contributed by atoms with E-state index >= 15 is 0 Å². The third-order valence-corrected chi connectivity index (χ3v) is 9.05. The van der Waals surface area contributed by atoms with Gasteiger partial charge in [-0.05, 0) is 72.7 Å². The van der Waals surface area contributed by atoms with Crippen molar-refractivity contribution < 1.29 is 19.1 Å². The maximum atomic E-state index is 14.1. The predicted octanol–water partition coefficient (Wildman–Crippen LogP) is 6.02. The van der Waals surface area contributed by atoms with Gasteiger partial charge in [0.25, 0.3) is 0 Å². The Labute approximate surface area is 282 Å². The van der Waals surface area contributed by atoms with Gasteiger partial charge in [-0.15, -0.1) is 0 Å². The summed E-state index contributed by atoms with van der Waals surface area (Å²) in [6.45, 7) is 6.33. The number of fused-ring (bicyclic) bond motifs is 2. The highest BCUT2D eigenvalue weighted by Crippen LogP contribution is 2.24. The minimum atomic E-state index is -0.805. The maximum absolute atomic E-state index is 14.1. The zero-order valence-electron chi connectivity index (χ0n) is 27.6. The molecule has 8 nitrogen and oxygen atoms in total. The molecule has 9 heteroatoms. The van der Waals surface area contributed by atoms with Crippen LogP contribution in [-0.4, -0.2) is 70.5 Å². The average Bonchev–Trinajstić information content (AvgIpc) is 3.05. The minimum Gasteiger partial charge on any atom is -0.444 e. The van der Waals surface area contributed by atoms with E-state index < -0.39 is 17.7 Å². The van der Waals surface area contributed by atoms with Gasteiger partial charge in [0.05, 0.1) is 11.0 Å². The smallest absolute Gasteiger partial charge is 0.410 e. The van der Waals surface area contributed by atoms with Crippen LogP contribution in [0.2, 0.25) is 0 Å². The van der Waals surface area contributed by atoms with Crippen molar-refractivity contribution in [1.82, 2.24) is 15.1 Å². The first kappa shape index (κ1) is 33.9. The first-order valence-corrected chi connectivity index (χ1v) is 16.6. The van der Waals surface area contributed by atoms with E-state index in [0.717, 1.165) is 32.7 Å². The lowest BCUT2D eigenvalue weighted by Gasteiger charge is -2.36. The predicted molar refractivity (Wildman–Crippen MR) is 191 cm³/mol. The Morgan fingerprint density at radius 1 is 0.872 bits per heavy atom. The molecule has 1 saturated heterocycles. The normalized spacial score (nSPS) is 15.2. The third kappa shape index (κ3) is 8.65. The van der Waals surface area contributed by atoms with Crippen LogP contribution in [0.5, 0.6) is 0 Å². The molecule has 0 radical (unpaired) electrons. The maximum Gasteiger partial charge on any atom is 0.410 e. The summed E-state index contributed by atoms with van der Waals surface area (Å²) >= 11 is 5.42. The Morgan fingerprint density at radius 2 is 1.38 bits per heavy atom. The van der Waals surface area contributed by atoms with E-state index in [-0.39, 0.29) is 28.8 Å². The SMILES string of the molecule is CN(C(=O)C1CCN(C(=O)OC(C)(C)C)CC1)[C@H](Cc1ccc2ccccc2c1)C(=O)N[C@H](Cc1ccc2ccccc2c1)C(N)=S. The number of hydrogen-bond donors (Lipinski definition) is 2. The van der Waals surface area contributed by atoms with Crippen LogP contribution in [0.1, 0.15) is 44.7 Å². The molecule has 4 aromatic carbocycles. The van der Waals surface area contributed by atoms with Gasteiger partial charge in [-0.3, -0.25) is 9.59 Å². The van der Waals surface area contributed by atoms with Gasteiger partial charge < -0.3 is 25.6 Å². The number of rotatable bonds is 9. The second kappa shape index (κ2) is 14.5. The molecular formula is C38H44N4O4S. The summed E-state index contributed by atoms with van der Waals surface area (Å²) in [5.74, 6) is -0.774. The van der Waals surface area contributed by atoms with Crippen LogP contribution in [0.15, 0.2) is 84.9 Å². The Morgan fingerprint density at radius 3 is 1.89 bits per heavy atom. The molecule has 0 spiro atoms. The van der Waals surface area contributed by atoms with Gasteiger partial charge in [0, 0.05) is 32.5 Å². The lowest BCUT2D eigenvalue weighted by Crippen LogP contribution is -2.55. The fourth-order valence-corrected chi connectivity index (χ4v) is 6.31. The quantitative estimate of drug-likeness (QED) is 0.214. The molecule has 3 amide bonds. The summed E-state index contributed by atoms with van der Waals surface area (Å²) in [5.41, 5.74) is 7.52. The fourth-order valence-electron chi connectivity index (χ4n) is 6.16. The van der Waals surface area contributed by atoms with Gasteiger partial charge in [-0.1, -0.05) is 97.1 Å². The fraction of sp³-hybridized carbons (Fsp3) is 0.368. The van der Waals surface area contributed by atoms with E-state index in [1.807, 2.05) is 87.5 Å². The number of nitrogens with two attached hydrogens (primary N) is 1. The summed E-state index contributed by atoms with van der Waals surface area (Å²) in [5, 5.41) is 7.46. The number of thiocarbonyl (C=S) groups is 1. The van der Waals surface area contributed by atoms with Gasteiger partial charge >= 0.3 is 6.09 Å². The second-order valence-corrected chi connectivity index (χ2v) is 13.9. The summed E-state index contributed by atoms with van der Waals surface area (Å²) < 4.78 is 5.52. The van der Waals surface area contributed by atoms with Crippen molar-refractivity contribution in [2.24, 2.45) is 11.7 Å². The van der Waals surface area contributed by atoms with Gasteiger partial charge in [-0.25, -0.2) is 4.79 Å². The van der Waals surface area contributed by atoms with Crippen molar-refractivity contribution in [2.75, 3.05) is 20.1 Å². The van der Waals surface area contributed by atoms with Crippen molar-refractivity contribution >= 4 is 56.7 Å². The van der Waals surface area contributed by atoms with Crippen molar-refractivity contribution in [3.05, 3.63) is 96.1 Å². The standard InChI is InChI=1S/C38H44N4O4S/c1-38(2,3)46-37(45)42-19-17-29(18-20-42)36(44)41(4)33(24-26-14-16-28-10-6-8-12-31(28)22-26)35(43)40-32(34(39)47)23-25-13-15-27-9-5-7-11-30(27)21-25/h5-16,21-22,29,32-33H,17-20,23-24H2,1-4H3,(H2,39,47)(H,40,43)/t32-,33-/m1/s1. The van der Waals surface area contributed by atoms with Crippen molar-refractivity contribution in [1.29, 1.82) is 0 Å². The number of likely N-dealkylation sites (tertiary alicyclic amines) is 1. The van der Waals surface area contributed by atoms with E-state index in [1.165, 1.54) is 0 Å². The van der Waals surface area contributed by atoms with E-state index in [1.54, 1.807) is 16.8 Å². The van der Waals surface area contributed by atoms with Crippen molar-refractivity contribution in [3.63, 3.8) is 0 Å². The molecule has 0 bridgehead atoms. The molecule has 1 fully saturated rings. The lowest BCUT2D eigenvalue weighted by atomic mass is 9.93. The number of ether oxygens (including phenoxy) is 1. The molecule has 246 valence electrons. The summed E-state index contributed by atoms with van der Waals surface area (Å²) in [6, 6.07) is 27.0. The number of nitrogens with zero attached hydrogens (tertiary/aromatic N) is 2. The van der Waals surface area contributed by atoms with Crippen molar-refractivity contribution in [2.45, 2.75) is 64.1 Å². The van der Waals surface area contributed by atoms with Crippen LogP contribution in [0, 0.1) is 5.92 Å². The van der Waals surface area contributed by atoms with Gasteiger partial charge in [0.2, 0.25) is 11.8 Å². The lowest BCUT2D eigenvalue weighted by molar-refractivity contribution is -0.143. The summed E-state index contributed by atoms with van der Waals surface area (Å²) in [7, 11) is 1.69. The molecule has 1 aliphatic rings. The second-order valence-electron chi connectivity index (χ2n) is 13.4. The number of likely N-dealkylation sites (N-methyl/N-ethyl adjacent to an activating group) is 1. The Balaban J connectivity index is 1.34. The summed E-state index contributed by atoms with van der Waals surface area (Å²) in [4.78, 5) is 44.1. The molecule has 2 atom stereocenters. The third-order valence-electron chi connectivity index (χ3n) is 8.77. The Hall–Kier alpha value is -4.50. The highest BCUT2D eigenvalue weighted by Gasteiger charge is 2.36. The zero-order chi connectivity index (χ0) is 33.7. The van der Waals surface area contributed by atoms with Gasteiger partial charge in [0.1, 0.15) is 11.6 Å². The van der Waals surface area contributed by atoms with E-state index in [2.05, 4.69) is 23.5 Å². The monoisotopic (exact) mass is 652 g/mol. The molecular weight excluding hydrogens is 609 g/mol. The first-order valence-electron chi connectivity index (χ1n) is 16.2. The molecule has 4 aromatic rings. The number of carbonyl (C=O) groups excluding carboxylic acids is 3. The van der Waals surface area contributed by atoms with Crippen molar-refractivity contribution in [3.8, 4) is 0 Å². The number of piperidine rings is 1. The first-order chi connectivity index (χ1) is 22.4. The summed E-state index contributed by atoms with van der Waals surface area (Å²) in [6.07, 6.45) is 1.35. The number of carbonyl (C=O) groups is 3. The molecule has 0 unspecified atom stereocenters. The molecule has 0 saturated carbocycles. The van der Waals surface area contributed by atoms with Crippen LogP contribution >= 0.6 is 12.2 Å². The highest BCUT2D eigenvalue weighted by molar-refractivity contribution is 7.80. The molecule has 0 aliphatic carbocycles. The van der Waals surface area contributed by atoms with E-state index in [9.17, 15) is 14.4 Å². The molecule has 1 heterocycles. The van der Waals surface area contributed by atoms with Crippen LogP contribution in [0.4, 0.5) is 4.79 Å². The molecule has 5 rings (SSSR count). The van der Waals surface area contributed by atoms with E-state index in [0.29, 0.717) is 38.8 Å². The van der Waals surface area contributed by atoms with Crippen LogP contribution < -0.4 is 11.1 Å². The van der Waals surface area contributed by atoms with Crippen LogP contribution in [0.3, 0.4) is 0 Å². The Kier molecular flexibility index (Phi) is 10.4. The van der Waals surface area contributed by atoms with Gasteiger partial charge in [-0.2, -0.15) is 0 Å². The van der Waals surface area contributed by atoms with Gasteiger partial charge in [0.15, 0.2) is 0 Å². The molecule has 3 N–H and O–H groups in total.